The van der Waals surface area contributed by atoms with Gasteiger partial charge in [-0.2, -0.15) is 0 Å². The summed E-state index contributed by atoms with van der Waals surface area (Å²) in [4.78, 5) is 26.2. The average molecular weight is 408 g/mol. The fourth-order valence-corrected chi connectivity index (χ4v) is 3.42. The number of benzene rings is 2. The fourth-order valence-electron chi connectivity index (χ4n) is 2.85. The topological polar surface area (TPSA) is 49.4 Å². The molecule has 1 aliphatic rings. The van der Waals surface area contributed by atoms with E-state index in [1.807, 2.05) is 25.1 Å². The average Bonchev–Trinajstić information content (AvgIpc) is 2.57. The molecule has 0 atom stereocenters. The number of carbonyl (C=O) groups is 2. The SMILES string of the molecule is CCN1C(=O)CCc2cc(NC(=O)c3cc(Br)ccc3Cl)ccc21. The van der Waals surface area contributed by atoms with Crippen molar-refractivity contribution >= 4 is 50.7 Å². The van der Waals surface area contributed by atoms with Crippen molar-refractivity contribution in [2.24, 2.45) is 0 Å². The van der Waals surface area contributed by atoms with E-state index in [9.17, 15) is 9.59 Å². The molecule has 2 amide bonds. The van der Waals surface area contributed by atoms with E-state index in [0.717, 1.165) is 15.7 Å². The van der Waals surface area contributed by atoms with E-state index < -0.39 is 0 Å². The second-order valence-electron chi connectivity index (χ2n) is 5.56. The van der Waals surface area contributed by atoms with E-state index in [2.05, 4.69) is 21.2 Å². The van der Waals surface area contributed by atoms with Gasteiger partial charge in [0.1, 0.15) is 0 Å². The highest BCUT2D eigenvalue weighted by Gasteiger charge is 2.23. The van der Waals surface area contributed by atoms with Crippen LogP contribution in [0.1, 0.15) is 29.3 Å². The van der Waals surface area contributed by atoms with Crippen LogP contribution in [0, 0.1) is 0 Å². The summed E-state index contributed by atoms with van der Waals surface area (Å²) in [6, 6.07) is 10.8. The van der Waals surface area contributed by atoms with Gasteiger partial charge in [-0.3, -0.25) is 9.59 Å². The third-order valence-electron chi connectivity index (χ3n) is 4.03. The van der Waals surface area contributed by atoms with Crippen molar-refractivity contribution in [2.75, 3.05) is 16.8 Å². The summed E-state index contributed by atoms with van der Waals surface area (Å²) in [5, 5.41) is 3.27. The Kier molecular flexibility index (Phi) is 4.92. The maximum Gasteiger partial charge on any atom is 0.257 e. The highest BCUT2D eigenvalue weighted by molar-refractivity contribution is 9.10. The zero-order chi connectivity index (χ0) is 17.3. The third kappa shape index (κ3) is 3.32. The Bertz CT molecular complexity index is 823. The quantitative estimate of drug-likeness (QED) is 0.805. The lowest BCUT2D eigenvalue weighted by Crippen LogP contribution is -2.34. The van der Waals surface area contributed by atoms with Gasteiger partial charge in [0.15, 0.2) is 0 Å². The van der Waals surface area contributed by atoms with Crippen LogP contribution in [0.2, 0.25) is 5.02 Å². The third-order valence-corrected chi connectivity index (χ3v) is 4.85. The lowest BCUT2D eigenvalue weighted by Gasteiger charge is -2.28. The standard InChI is InChI=1S/C18H16BrClN2O2/c1-2-22-16-7-5-13(9-11(16)3-8-17(22)23)21-18(24)14-10-12(19)4-6-15(14)20/h4-7,9-10H,2-3,8H2,1H3,(H,21,24). The predicted molar refractivity (Wildman–Crippen MR) is 99.9 cm³/mol. The number of hydrogen-bond acceptors (Lipinski definition) is 2. The number of aryl methyl sites for hydroxylation is 1. The Morgan fingerprint density at radius 3 is 2.79 bits per heavy atom. The van der Waals surface area contributed by atoms with Gasteiger partial charge in [0.05, 0.1) is 10.6 Å². The van der Waals surface area contributed by atoms with Crippen LogP contribution in [0.25, 0.3) is 0 Å². The van der Waals surface area contributed by atoms with Crippen LogP contribution in [0.3, 0.4) is 0 Å². The Labute approximate surface area is 153 Å². The summed E-state index contributed by atoms with van der Waals surface area (Å²) >= 11 is 9.44. The zero-order valence-corrected chi connectivity index (χ0v) is 15.4. The second-order valence-corrected chi connectivity index (χ2v) is 6.88. The molecule has 0 saturated carbocycles. The van der Waals surface area contributed by atoms with E-state index >= 15 is 0 Å². The number of nitrogens with one attached hydrogen (secondary N) is 1. The van der Waals surface area contributed by atoms with Crippen molar-refractivity contribution in [1.29, 1.82) is 0 Å². The van der Waals surface area contributed by atoms with Gasteiger partial charge in [0.25, 0.3) is 5.91 Å². The molecule has 0 saturated heterocycles. The van der Waals surface area contributed by atoms with Gasteiger partial charge in [0.2, 0.25) is 5.91 Å². The van der Waals surface area contributed by atoms with Gasteiger partial charge in [-0.15, -0.1) is 0 Å². The van der Waals surface area contributed by atoms with Gasteiger partial charge >= 0.3 is 0 Å². The molecular weight excluding hydrogens is 392 g/mol. The number of rotatable bonds is 3. The van der Waals surface area contributed by atoms with Crippen LogP contribution < -0.4 is 10.2 Å². The second kappa shape index (κ2) is 6.95. The maximum atomic E-state index is 12.4. The number of halogens is 2. The van der Waals surface area contributed by atoms with Gasteiger partial charge < -0.3 is 10.2 Å². The fraction of sp³-hybridized carbons (Fsp3) is 0.222. The predicted octanol–water partition coefficient (Wildman–Crippen LogP) is 4.65. The summed E-state index contributed by atoms with van der Waals surface area (Å²) in [7, 11) is 0. The molecule has 2 aromatic carbocycles. The van der Waals surface area contributed by atoms with Crippen molar-refractivity contribution in [2.45, 2.75) is 19.8 Å². The smallest absolute Gasteiger partial charge is 0.257 e. The molecule has 0 unspecified atom stereocenters. The molecule has 6 heteroatoms. The van der Waals surface area contributed by atoms with E-state index in [-0.39, 0.29) is 11.8 Å². The molecule has 0 bridgehead atoms. The molecular formula is C18H16BrClN2O2. The highest BCUT2D eigenvalue weighted by Crippen LogP contribution is 2.30. The van der Waals surface area contributed by atoms with E-state index in [1.165, 1.54) is 0 Å². The summed E-state index contributed by atoms with van der Waals surface area (Å²) in [6.07, 6.45) is 1.18. The van der Waals surface area contributed by atoms with Crippen molar-refractivity contribution in [3.05, 3.63) is 57.0 Å². The molecule has 0 aliphatic carbocycles. The van der Waals surface area contributed by atoms with Crippen LogP contribution in [0.15, 0.2) is 40.9 Å². The normalized spacial score (nSPS) is 13.6. The minimum absolute atomic E-state index is 0.141. The van der Waals surface area contributed by atoms with Crippen LogP contribution >= 0.6 is 27.5 Å². The Morgan fingerprint density at radius 2 is 2.04 bits per heavy atom. The molecule has 3 rings (SSSR count). The summed E-state index contributed by atoms with van der Waals surface area (Å²) in [6.45, 7) is 2.60. The lowest BCUT2D eigenvalue weighted by molar-refractivity contribution is -0.118. The van der Waals surface area contributed by atoms with Crippen molar-refractivity contribution in [3.8, 4) is 0 Å². The van der Waals surface area contributed by atoms with Crippen LogP contribution in [0.4, 0.5) is 11.4 Å². The van der Waals surface area contributed by atoms with Crippen molar-refractivity contribution < 1.29 is 9.59 Å². The van der Waals surface area contributed by atoms with Crippen molar-refractivity contribution in [3.63, 3.8) is 0 Å². The maximum absolute atomic E-state index is 12.4. The van der Waals surface area contributed by atoms with Crippen LogP contribution in [0.5, 0.6) is 0 Å². The Hall–Kier alpha value is -1.85. The Balaban J connectivity index is 1.85. The molecule has 0 radical (unpaired) electrons. The highest BCUT2D eigenvalue weighted by atomic mass is 79.9. The summed E-state index contributed by atoms with van der Waals surface area (Å²) < 4.78 is 0.791. The number of fused-ring (bicyclic) bond motifs is 1. The lowest BCUT2D eigenvalue weighted by atomic mass is 10.0. The van der Waals surface area contributed by atoms with Gasteiger partial charge in [-0.25, -0.2) is 0 Å². The largest absolute Gasteiger partial charge is 0.322 e. The van der Waals surface area contributed by atoms with E-state index in [4.69, 9.17) is 11.6 Å². The summed E-state index contributed by atoms with van der Waals surface area (Å²) in [5.41, 5.74) is 3.09. The number of amides is 2. The molecule has 0 aromatic heterocycles. The number of carbonyl (C=O) groups excluding carboxylic acids is 2. The van der Waals surface area contributed by atoms with Crippen LogP contribution in [-0.2, 0) is 11.2 Å². The van der Waals surface area contributed by atoms with E-state index in [1.54, 1.807) is 23.1 Å². The number of anilines is 2. The molecule has 1 N–H and O–H groups in total. The monoisotopic (exact) mass is 406 g/mol. The van der Waals surface area contributed by atoms with Crippen LogP contribution in [-0.4, -0.2) is 18.4 Å². The first kappa shape index (κ1) is 17.0. The summed E-state index contributed by atoms with van der Waals surface area (Å²) in [5.74, 6) is -0.122. The molecule has 1 heterocycles. The van der Waals surface area contributed by atoms with Crippen molar-refractivity contribution in [1.82, 2.24) is 0 Å². The molecule has 2 aromatic rings. The van der Waals surface area contributed by atoms with Gasteiger partial charge in [-0.1, -0.05) is 27.5 Å². The molecule has 124 valence electrons. The first-order valence-corrected chi connectivity index (χ1v) is 8.86. The Morgan fingerprint density at radius 1 is 1.25 bits per heavy atom. The molecule has 0 fully saturated rings. The molecule has 1 aliphatic heterocycles. The molecule has 0 spiro atoms. The van der Waals surface area contributed by atoms with E-state index in [0.29, 0.717) is 35.7 Å². The van der Waals surface area contributed by atoms with Gasteiger partial charge in [0, 0.05) is 28.8 Å². The molecule has 4 nitrogen and oxygen atoms in total. The van der Waals surface area contributed by atoms with Gasteiger partial charge in [-0.05, 0) is 55.3 Å². The first-order chi connectivity index (χ1) is 11.5. The minimum atomic E-state index is -0.263. The number of nitrogens with zero attached hydrogens (tertiary/aromatic N) is 1. The number of hydrogen-bond donors (Lipinski definition) is 1. The first-order valence-electron chi connectivity index (χ1n) is 7.69. The molecule has 24 heavy (non-hydrogen) atoms. The zero-order valence-electron chi connectivity index (χ0n) is 13.1. The minimum Gasteiger partial charge on any atom is -0.322 e.